The number of carbonyl (C=O) groups excluding carboxylic acids is 1. The first kappa shape index (κ1) is 19.3. The second kappa shape index (κ2) is 9.46. The van der Waals surface area contributed by atoms with Gasteiger partial charge in [-0.15, -0.1) is 0 Å². The Kier molecular flexibility index (Phi) is 7.02. The summed E-state index contributed by atoms with van der Waals surface area (Å²) in [5.74, 6) is 1.03. The Morgan fingerprint density at radius 2 is 2.00 bits per heavy atom. The molecule has 0 heterocycles. The quantitative estimate of drug-likeness (QED) is 0.561. The van der Waals surface area contributed by atoms with Gasteiger partial charge in [0, 0.05) is 5.56 Å². The Labute approximate surface area is 153 Å². The number of rotatable bonds is 8. The first-order valence-corrected chi connectivity index (χ1v) is 8.45. The highest BCUT2D eigenvalue weighted by Crippen LogP contribution is 2.27. The summed E-state index contributed by atoms with van der Waals surface area (Å²) in [6, 6.07) is 12.7. The zero-order valence-corrected chi connectivity index (χ0v) is 15.2. The number of hydrogen-bond acceptors (Lipinski definition) is 5. The van der Waals surface area contributed by atoms with Crippen molar-refractivity contribution in [3.05, 3.63) is 53.6 Å². The van der Waals surface area contributed by atoms with Gasteiger partial charge in [0.15, 0.2) is 18.1 Å². The monoisotopic (exact) mass is 356 g/mol. The second-order valence-corrected chi connectivity index (χ2v) is 5.86. The molecule has 2 aromatic rings. The number of aromatic hydroxyl groups is 1. The maximum atomic E-state index is 11.8. The standard InChI is InChI=1S/C20H24N2O4/c1-4-14(2)15-8-10-17(11-9-15)26-13-19(23)22-21-12-16-6-5-7-18(25-3)20(16)24/h5-12,14,24H,4,13H2,1-3H3,(H,22,23)/b21-12-/t14-/m0/s1. The summed E-state index contributed by atoms with van der Waals surface area (Å²) in [4.78, 5) is 11.8. The minimum atomic E-state index is -0.394. The fourth-order valence-electron chi connectivity index (χ4n) is 2.29. The number of phenols is 1. The van der Waals surface area contributed by atoms with E-state index in [0.29, 0.717) is 23.0 Å². The molecule has 138 valence electrons. The average molecular weight is 356 g/mol. The second-order valence-electron chi connectivity index (χ2n) is 5.86. The van der Waals surface area contributed by atoms with Crippen LogP contribution in [-0.2, 0) is 4.79 Å². The maximum Gasteiger partial charge on any atom is 0.277 e. The summed E-state index contributed by atoms with van der Waals surface area (Å²) in [6.07, 6.45) is 2.42. The number of benzene rings is 2. The van der Waals surface area contributed by atoms with Gasteiger partial charge in [0.25, 0.3) is 5.91 Å². The minimum Gasteiger partial charge on any atom is -0.504 e. The molecule has 2 aromatic carbocycles. The average Bonchev–Trinajstić information content (AvgIpc) is 2.67. The first-order chi connectivity index (χ1) is 12.5. The van der Waals surface area contributed by atoms with E-state index in [0.717, 1.165) is 6.42 Å². The molecule has 0 aliphatic carbocycles. The fraction of sp³-hybridized carbons (Fsp3) is 0.300. The van der Waals surface area contributed by atoms with E-state index in [9.17, 15) is 9.90 Å². The molecular formula is C20H24N2O4. The highest BCUT2D eigenvalue weighted by Gasteiger charge is 2.06. The van der Waals surface area contributed by atoms with E-state index in [1.54, 1.807) is 18.2 Å². The summed E-state index contributed by atoms with van der Waals surface area (Å²) in [7, 11) is 1.46. The van der Waals surface area contributed by atoms with E-state index in [2.05, 4.69) is 24.4 Å². The normalized spacial score (nSPS) is 12.0. The van der Waals surface area contributed by atoms with Crippen LogP contribution >= 0.6 is 0 Å². The third-order valence-corrected chi connectivity index (χ3v) is 4.07. The molecule has 0 spiro atoms. The predicted octanol–water partition coefficient (Wildman–Crippen LogP) is 3.44. The van der Waals surface area contributed by atoms with Gasteiger partial charge in [0.2, 0.25) is 0 Å². The number of hydrazone groups is 1. The van der Waals surface area contributed by atoms with Crippen molar-refractivity contribution >= 4 is 12.1 Å². The lowest BCUT2D eigenvalue weighted by Crippen LogP contribution is -2.24. The number of ether oxygens (including phenoxy) is 2. The Balaban J connectivity index is 1.84. The Morgan fingerprint density at radius 3 is 2.65 bits per heavy atom. The molecular weight excluding hydrogens is 332 g/mol. The van der Waals surface area contributed by atoms with Crippen molar-refractivity contribution in [2.45, 2.75) is 26.2 Å². The molecule has 2 N–H and O–H groups in total. The van der Waals surface area contributed by atoms with Crippen molar-refractivity contribution in [3.63, 3.8) is 0 Å². The molecule has 26 heavy (non-hydrogen) atoms. The van der Waals surface area contributed by atoms with Gasteiger partial charge >= 0.3 is 0 Å². The minimum absolute atomic E-state index is 0.0364. The van der Waals surface area contributed by atoms with Crippen LogP contribution in [0.1, 0.15) is 37.3 Å². The number of hydrogen-bond donors (Lipinski definition) is 2. The number of para-hydroxylation sites is 1. The third kappa shape index (κ3) is 5.24. The number of nitrogens with zero attached hydrogens (tertiary/aromatic N) is 1. The van der Waals surface area contributed by atoms with Crippen molar-refractivity contribution in [3.8, 4) is 17.2 Å². The number of amides is 1. The molecule has 1 atom stereocenters. The Morgan fingerprint density at radius 1 is 1.27 bits per heavy atom. The molecule has 0 unspecified atom stereocenters. The van der Waals surface area contributed by atoms with E-state index in [4.69, 9.17) is 9.47 Å². The zero-order chi connectivity index (χ0) is 18.9. The van der Waals surface area contributed by atoms with E-state index in [1.807, 2.05) is 24.3 Å². The van der Waals surface area contributed by atoms with Crippen LogP contribution in [0.3, 0.4) is 0 Å². The largest absolute Gasteiger partial charge is 0.504 e. The van der Waals surface area contributed by atoms with Gasteiger partial charge in [0.05, 0.1) is 13.3 Å². The fourth-order valence-corrected chi connectivity index (χ4v) is 2.29. The van der Waals surface area contributed by atoms with Gasteiger partial charge < -0.3 is 14.6 Å². The van der Waals surface area contributed by atoms with Crippen molar-refractivity contribution in [2.75, 3.05) is 13.7 Å². The van der Waals surface area contributed by atoms with Gasteiger partial charge in [-0.05, 0) is 42.2 Å². The van der Waals surface area contributed by atoms with Crippen molar-refractivity contribution < 1.29 is 19.4 Å². The summed E-state index contributed by atoms with van der Waals surface area (Å²) < 4.78 is 10.5. The molecule has 1 amide bonds. The van der Waals surface area contributed by atoms with Crippen LogP contribution in [0.15, 0.2) is 47.6 Å². The summed E-state index contributed by atoms with van der Waals surface area (Å²) in [5.41, 5.74) is 4.04. The van der Waals surface area contributed by atoms with E-state index in [1.165, 1.54) is 18.9 Å². The smallest absolute Gasteiger partial charge is 0.277 e. The highest BCUT2D eigenvalue weighted by atomic mass is 16.5. The van der Waals surface area contributed by atoms with Crippen molar-refractivity contribution in [1.29, 1.82) is 0 Å². The van der Waals surface area contributed by atoms with E-state index >= 15 is 0 Å². The van der Waals surface area contributed by atoms with Gasteiger partial charge in [0.1, 0.15) is 5.75 Å². The molecule has 0 aliphatic rings. The molecule has 0 aromatic heterocycles. The number of carbonyl (C=O) groups is 1. The van der Waals surface area contributed by atoms with E-state index < -0.39 is 5.91 Å². The number of methoxy groups -OCH3 is 1. The predicted molar refractivity (Wildman–Crippen MR) is 101 cm³/mol. The molecule has 0 radical (unpaired) electrons. The molecule has 0 saturated carbocycles. The van der Waals surface area contributed by atoms with Crippen molar-refractivity contribution in [1.82, 2.24) is 5.43 Å². The van der Waals surface area contributed by atoms with Gasteiger partial charge in [-0.2, -0.15) is 5.10 Å². The third-order valence-electron chi connectivity index (χ3n) is 4.07. The first-order valence-electron chi connectivity index (χ1n) is 8.45. The van der Waals surface area contributed by atoms with Crippen LogP contribution in [0.2, 0.25) is 0 Å². The SMILES string of the molecule is CC[C@H](C)c1ccc(OCC(=O)N/N=C\c2cccc(OC)c2O)cc1. The molecule has 6 nitrogen and oxygen atoms in total. The number of nitrogens with one attached hydrogen (secondary N) is 1. The summed E-state index contributed by atoms with van der Waals surface area (Å²) in [6.45, 7) is 4.16. The van der Waals surface area contributed by atoms with Crippen LogP contribution in [0.5, 0.6) is 17.2 Å². The molecule has 0 bridgehead atoms. The molecule has 0 saturated heterocycles. The van der Waals surface area contributed by atoms with E-state index in [-0.39, 0.29) is 12.4 Å². The van der Waals surface area contributed by atoms with Gasteiger partial charge in [-0.25, -0.2) is 5.43 Å². The Hall–Kier alpha value is -3.02. The molecule has 0 fully saturated rings. The lowest BCUT2D eigenvalue weighted by atomic mass is 9.99. The highest BCUT2D eigenvalue weighted by molar-refractivity contribution is 5.86. The Bertz CT molecular complexity index is 757. The topological polar surface area (TPSA) is 80.2 Å². The molecule has 2 rings (SSSR count). The molecule has 0 aliphatic heterocycles. The number of phenolic OH excluding ortho intramolecular Hbond substituents is 1. The lowest BCUT2D eigenvalue weighted by molar-refractivity contribution is -0.123. The van der Waals surface area contributed by atoms with Crippen molar-refractivity contribution in [2.24, 2.45) is 5.10 Å². The van der Waals surface area contributed by atoms with Crippen LogP contribution in [-0.4, -0.2) is 30.9 Å². The van der Waals surface area contributed by atoms with Crippen LogP contribution in [0.25, 0.3) is 0 Å². The van der Waals surface area contributed by atoms with Crippen LogP contribution in [0, 0.1) is 0 Å². The molecule has 6 heteroatoms. The van der Waals surface area contributed by atoms with Gasteiger partial charge in [-0.1, -0.05) is 32.0 Å². The summed E-state index contributed by atoms with van der Waals surface area (Å²) >= 11 is 0. The maximum absolute atomic E-state index is 11.8. The zero-order valence-electron chi connectivity index (χ0n) is 15.2. The van der Waals surface area contributed by atoms with Gasteiger partial charge in [-0.3, -0.25) is 4.79 Å². The summed E-state index contributed by atoms with van der Waals surface area (Å²) in [5, 5.41) is 13.7. The van der Waals surface area contributed by atoms with Crippen LogP contribution in [0.4, 0.5) is 0 Å². The van der Waals surface area contributed by atoms with Crippen LogP contribution < -0.4 is 14.9 Å². The lowest BCUT2D eigenvalue weighted by Gasteiger charge is -2.10.